The molecule has 0 aliphatic carbocycles. The van der Waals surface area contributed by atoms with E-state index in [1.54, 1.807) is 0 Å². The van der Waals surface area contributed by atoms with Crippen LogP contribution in [-0.2, 0) is 0 Å². The molecular weight excluding hydrogens is 290 g/mol. The van der Waals surface area contributed by atoms with Gasteiger partial charge in [-0.15, -0.1) is 0 Å². The molecule has 0 fully saturated rings. The highest BCUT2D eigenvalue weighted by atomic mass is 19.1. The zero-order valence-corrected chi connectivity index (χ0v) is 12.2. The second-order valence-corrected chi connectivity index (χ2v) is 5.11. The Morgan fingerprint density at radius 1 is 1.18 bits per heavy atom. The van der Waals surface area contributed by atoms with Crippen LogP contribution in [0.2, 0.25) is 0 Å². The number of anilines is 2. The lowest BCUT2D eigenvalue weighted by molar-refractivity contribution is 0.102. The Labute approximate surface area is 126 Å². The summed E-state index contributed by atoms with van der Waals surface area (Å²) < 4.78 is 26.9. The second kappa shape index (κ2) is 6.93. The van der Waals surface area contributed by atoms with Gasteiger partial charge in [-0.3, -0.25) is 4.79 Å². The van der Waals surface area contributed by atoms with Crippen LogP contribution >= 0.6 is 0 Å². The number of hydrogen-bond donors (Lipinski definition) is 2. The predicted octanol–water partition coefficient (Wildman–Crippen LogP) is 3.08. The standard InChI is InChI=1S/C15H16F2N4O/c1-9(2)6-19-13-8-18-12(7-20-13)15(22)21-14-10(16)4-3-5-11(14)17/h3-5,7-9H,6H2,1-2H3,(H,19,20)(H,21,22). The first kappa shape index (κ1) is 15.8. The summed E-state index contributed by atoms with van der Waals surface area (Å²) >= 11 is 0. The SMILES string of the molecule is CC(C)CNc1cnc(C(=O)Nc2c(F)cccc2F)cn1. The summed E-state index contributed by atoms with van der Waals surface area (Å²) in [5, 5.41) is 5.21. The number of para-hydroxylation sites is 1. The van der Waals surface area contributed by atoms with Crippen LogP contribution < -0.4 is 10.6 Å². The first-order valence-corrected chi connectivity index (χ1v) is 6.78. The van der Waals surface area contributed by atoms with Crippen molar-refractivity contribution >= 4 is 17.4 Å². The fraction of sp³-hybridized carbons (Fsp3) is 0.267. The van der Waals surface area contributed by atoms with E-state index in [1.165, 1.54) is 18.5 Å². The maximum Gasteiger partial charge on any atom is 0.276 e. The minimum Gasteiger partial charge on any atom is -0.369 e. The molecule has 2 aromatic rings. The Kier molecular flexibility index (Phi) is 4.98. The third-order valence-corrected chi connectivity index (χ3v) is 2.78. The lowest BCUT2D eigenvalue weighted by Crippen LogP contribution is -2.17. The first-order chi connectivity index (χ1) is 10.5. The fourth-order valence-corrected chi connectivity index (χ4v) is 1.64. The van der Waals surface area contributed by atoms with Gasteiger partial charge in [-0.25, -0.2) is 18.7 Å². The minimum atomic E-state index is -0.850. The molecule has 2 N–H and O–H groups in total. The lowest BCUT2D eigenvalue weighted by atomic mass is 10.2. The highest BCUT2D eigenvalue weighted by Gasteiger charge is 2.14. The summed E-state index contributed by atoms with van der Waals surface area (Å²) in [7, 11) is 0. The van der Waals surface area contributed by atoms with Crippen molar-refractivity contribution < 1.29 is 13.6 Å². The Morgan fingerprint density at radius 3 is 2.41 bits per heavy atom. The van der Waals surface area contributed by atoms with Crippen molar-refractivity contribution in [1.82, 2.24) is 9.97 Å². The van der Waals surface area contributed by atoms with E-state index in [0.29, 0.717) is 11.7 Å². The Hall–Kier alpha value is -2.57. The topological polar surface area (TPSA) is 66.9 Å². The van der Waals surface area contributed by atoms with Crippen molar-refractivity contribution in [2.24, 2.45) is 5.92 Å². The van der Waals surface area contributed by atoms with E-state index in [4.69, 9.17) is 0 Å². The van der Waals surface area contributed by atoms with Crippen LogP contribution in [0.15, 0.2) is 30.6 Å². The molecule has 7 heteroatoms. The maximum atomic E-state index is 13.5. The second-order valence-electron chi connectivity index (χ2n) is 5.11. The molecular formula is C15H16F2N4O. The summed E-state index contributed by atoms with van der Waals surface area (Å²) in [6.45, 7) is 4.82. The molecule has 0 bridgehead atoms. The molecule has 116 valence electrons. The molecule has 1 heterocycles. The number of nitrogens with one attached hydrogen (secondary N) is 2. The summed E-state index contributed by atoms with van der Waals surface area (Å²) in [6, 6.07) is 3.34. The van der Waals surface area contributed by atoms with E-state index in [-0.39, 0.29) is 5.69 Å². The van der Waals surface area contributed by atoms with E-state index in [2.05, 4.69) is 20.6 Å². The van der Waals surface area contributed by atoms with Crippen LogP contribution in [0.3, 0.4) is 0 Å². The quantitative estimate of drug-likeness (QED) is 0.891. The minimum absolute atomic E-state index is 0.0299. The van der Waals surface area contributed by atoms with Gasteiger partial charge in [-0.05, 0) is 18.1 Å². The van der Waals surface area contributed by atoms with Gasteiger partial charge in [-0.1, -0.05) is 19.9 Å². The van der Waals surface area contributed by atoms with E-state index in [1.807, 2.05) is 13.8 Å². The average Bonchev–Trinajstić information content (AvgIpc) is 2.49. The third-order valence-electron chi connectivity index (χ3n) is 2.78. The highest BCUT2D eigenvalue weighted by molar-refractivity contribution is 6.02. The number of amides is 1. The molecule has 1 amide bonds. The molecule has 0 atom stereocenters. The van der Waals surface area contributed by atoms with Crippen molar-refractivity contribution in [3.05, 3.63) is 47.9 Å². The van der Waals surface area contributed by atoms with Gasteiger partial charge in [-0.2, -0.15) is 0 Å². The number of benzene rings is 1. The van der Waals surface area contributed by atoms with Crippen molar-refractivity contribution in [2.75, 3.05) is 17.2 Å². The van der Waals surface area contributed by atoms with Gasteiger partial charge in [0.1, 0.15) is 28.8 Å². The number of carbonyl (C=O) groups is 1. The lowest BCUT2D eigenvalue weighted by Gasteiger charge is -2.09. The zero-order chi connectivity index (χ0) is 16.1. The molecule has 5 nitrogen and oxygen atoms in total. The number of carbonyl (C=O) groups excluding carboxylic acids is 1. The normalized spacial score (nSPS) is 10.6. The third kappa shape index (κ3) is 3.97. The summed E-state index contributed by atoms with van der Waals surface area (Å²) in [4.78, 5) is 19.9. The Balaban J connectivity index is 2.07. The van der Waals surface area contributed by atoms with Gasteiger partial charge in [0.15, 0.2) is 0 Å². The van der Waals surface area contributed by atoms with Crippen LogP contribution in [-0.4, -0.2) is 22.4 Å². The molecule has 0 unspecified atom stereocenters. The Morgan fingerprint density at radius 2 is 1.86 bits per heavy atom. The summed E-state index contributed by atoms with van der Waals surface area (Å²) in [6.07, 6.45) is 2.64. The monoisotopic (exact) mass is 306 g/mol. The molecule has 2 rings (SSSR count). The molecule has 0 saturated carbocycles. The van der Waals surface area contributed by atoms with Gasteiger partial charge >= 0.3 is 0 Å². The van der Waals surface area contributed by atoms with E-state index in [0.717, 1.165) is 18.7 Å². The van der Waals surface area contributed by atoms with E-state index in [9.17, 15) is 13.6 Å². The van der Waals surface area contributed by atoms with Crippen LogP contribution in [0.4, 0.5) is 20.3 Å². The summed E-state index contributed by atoms with van der Waals surface area (Å²) in [5.74, 6) is -1.46. The molecule has 1 aromatic heterocycles. The van der Waals surface area contributed by atoms with Crippen molar-refractivity contribution in [2.45, 2.75) is 13.8 Å². The number of aromatic nitrogens is 2. The van der Waals surface area contributed by atoms with Crippen molar-refractivity contribution in [1.29, 1.82) is 0 Å². The average molecular weight is 306 g/mol. The number of nitrogens with zero attached hydrogens (tertiary/aromatic N) is 2. The van der Waals surface area contributed by atoms with Gasteiger partial charge in [0.25, 0.3) is 5.91 Å². The number of rotatable bonds is 5. The maximum absolute atomic E-state index is 13.5. The van der Waals surface area contributed by atoms with Crippen molar-refractivity contribution in [3.63, 3.8) is 0 Å². The Bertz CT molecular complexity index is 639. The zero-order valence-electron chi connectivity index (χ0n) is 12.2. The van der Waals surface area contributed by atoms with E-state index >= 15 is 0 Å². The molecule has 0 saturated heterocycles. The van der Waals surface area contributed by atoms with E-state index < -0.39 is 23.2 Å². The number of halogens is 2. The van der Waals surface area contributed by atoms with Crippen LogP contribution in [0.5, 0.6) is 0 Å². The van der Waals surface area contributed by atoms with Gasteiger partial charge in [0.2, 0.25) is 0 Å². The van der Waals surface area contributed by atoms with Crippen LogP contribution in [0.25, 0.3) is 0 Å². The number of hydrogen-bond acceptors (Lipinski definition) is 4. The summed E-state index contributed by atoms with van der Waals surface area (Å²) in [5.41, 5.74) is -0.533. The van der Waals surface area contributed by atoms with Gasteiger partial charge in [0, 0.05) is 6.54 Å². The largest absolute Gasteiger partial charge is 0.369 e. The fourth-order valence-electron chi connectivity index (χ4n) is 1.64. The first-order valence-electron chi connectivity index (χ1n) is 6.78. The molecule has 0 radical (unpaired) electrons. The molecule has 0 aliphatic heterocycles. The van der Waals surface area contributed by atoms with Crippen LogP contribution in [0, 0.1) is 17.6 Å². The molecule has 0 aliphatic rings. The molecule has 22 heavy (non-hydrogen) atoms. The van der Waals surface area contributed by atoms with Crippen molar-refractivity contribution in [3.8, 4) is 0 Å². The molecule has 0 spiro atoms. The predicted molar refractivity (Wildman–Crippen MR) is 79.7 cm³/mol. The smallest absolute Gasteiger partial charge is 0.276 e. The molecule has 1 aromatic carbocycles. The van der Waals surface area contributed by atoms with Gasteiger partial charge in [0.05, 0.1) is 12.4 Å². The van der Waals surface area contributed by atoms with Gasteiger partial charge < -0.3 is 10.6 Å². The van der Waals surface area contributed by atoms with Crippen LogP contribution in [0.1, 0.15) is 24.3 Å². The highest BCUT2D eigenvalue weighted by Crippen LogP contribution is 2.18.